The van der Waals surface area contributed by atoms with Crippen molar-refractivity contribution in [1.82, 2.24) is 0 Å². The number of hydrogen-bond donors (Lipinski definition) is 0. The van der Waals surface area contributed by atoms with Crippen LogP contribution in [-0.2, 0) is 0 Å². The standard InChI is InChI=1S/C10H19B/c1-11(2)9-8-10-6-4-3-5-7-10/h3-4,10H,5-9H2,1-2H3. The summed E-state index contributed by atoms with van der Waals surface area (Å²) in [6.45, 7) is 5.53. The lowest BCUT2D eigenvalue weighted by atomic mass is 9.51. The van der Waals surface area contributed by atoms with Crippen molar-refractivity contribution in [3.05, 3.63) is 12.2 Å². The highest BCUT2D eigenvalue weighted by Gasteiger charge is 2.10. The van der Waals surface area contributed by atoms with E-state index in [1.54, 1.807) is 0 Å². The van der Waals surface area contributed by atoms with Crippen molar-refractivity contribution >= 4 is 6.71 Å². The van der Waals surface area contributed by atoms with Crippen LogP contribution in [0.1, 0.15) is 25.7 Å². The minimum atomic E-state index is 0.890. The van der Waals surface area contributed by atoms with E-state index in [9.17, 15) is 0 Å². The minimum Gasteiger partial charge on any atom is -0.0885 e. The Morgan fingerprint density at radius 2 is 2.18 bits per heavy atom. The molecule has 0 heterocycles. The fraction of sp³-hybridized carbons (Fsp3) is 0.800. The van der Waals surface area contributed by atoms with Crippen molar-refractivity contribution in [2.45, 2.75) is 45.6 Å². The van der Waals surface area contributed by atoms with Crippen LogP contribution in [0.4, 0.5) is 0 Å². The normalized spacial score (nSPS) is 23.6. The first-order valence-electron chi connectivity index (χ1n) is 4.94. The zero-order valence-corrected chi connectivity index (χ0v) is 7.84. The molecule has 62 valence electrons. The summed E-state index contributed by atoms with van der Waals surface area (Å²) in [6.07, 6.45) is 11.6. The fourth-order valence-corrected chi connectivity index (χ4v) is 1.69. The maximum atomic E-state index is 2.36. The lowest BCUT2D eigenvalue weighted by Gasteiger charge is -2.17. The Labute approximate surface area is 71.2 Å². The zero-order valence-electron chi connectivity index (χ0n) is 7.84. The van der Waals surface area contributed by atoms with Gasteiger partial charge in [-0.05, 0) is 25.2 Å². The number of hydrogen-bond acceptors (Lipinski definition) is 0. The van der Waals surface area contributed by atoms with Crippen molar-refractivity contribution in [3.8, 4) is 0 Å². The molecular formula is C10H19B. The highest BCUT2D eigenvalue weighted by Crippen LogP contribution is 2.23. The van der Waals surface area contributed by atoms with Gasteiger partial charge in [0.2, 0.25) is 0 Å². The van der Waals surface area contributed by atoms with Crippen LogP contribution in [0.25, 0.3) is 0 Å². The smallest absolute Gasteiger partial charge is 0.0885 e. The molecule has 1 unspecified atom stereocenters. The van der Waals surface area contributed by atoms with Gasteiger partial charge >= 0.3 is 0 Å². The number of rotatable bonds is 3. The van der Waals surface area contributed by atoms with Crippen LogP contribution >= 0.6 is 0 Å². The average molecular weight is 150 g/mol. The molecule has 0 bridgehead atoms. The molecule has 1 aliphatic carbocycles. The lowest BCUT2D eigenvalue weighted by Crippen LogP contribution is -2.07. The fourth-order valence-electron chi connectivity index (χ4n) is 1.69. The Hall–Kier alpha value is -0.195. The van der Waals surface area contributed by atoms with Crippen LogP contribution in [0.3, 0.4) is 0 Å². The topological polar surface area (TPSA) is 0 Å². The second-order valence-electron chi connectivity index (χ2n) is 4.12. The van der Waals surface area contributed by atoms with E-state index >= 15 is 0 Å². The van der Waals surface area contributed by atoms with E-state index in [4.69, 9.17) is 0 Å². The van der Waals surface area contributed by atoms with E-state index in [1.165, 1.54) is 32.0 Å². The van der Waals surface area contributed by atoms with Gasteiger partial charge in [0.1, 0.15) is 6.71 Å². The van der Waals surface area contributed by atoms with Gasteiger partial charge in [0.25, 0.3) is 0 Å². The van der Waals surface area contributed by atoms with E-state index < -0.39 is 0 Å². The molecule has 0 N–H and O–H groups in total. The molecule has 0 saturated carbocycles. The first-order chi connectivity index (χ1) is 5.29. The molecule has 0 aromatic carbocycles. The lowest BCUT2D eigenvalue weighted by molar-refractivity contribution is 0.464. The molecule has 1 heteroatoms. The van der Waals surface area contributed by atoms with Crippen LogP contribution < -0.4 is 0 Å². The van der Waals surface area contributed by atoms with Crippen LogP contribution in [0.15, 0.2) is 12.2 Å². The molecule has 0 amide bonds. The number of allylic oxidation sites excluding steroid dienone is 2. The summed E-state index contributed by atoms with van der Waals surface area (Å²) in [5.74, 6) is 1.00. The van der Waals surface area contributed by atoms with Gasteiger partial charge in [-0.25, -0.2) is 0 Å². The molecule has 0 aromatic rings. The summed E-state index contributed by atoms with van der Waals surface area (Å²) in [4.78, 5) is 0. The predicted molar refractivity (Wildman–Crippen MR) is 53.4 cm³/mol. The van der Waals surface area contributed by atoms with Gasteiger partial charge in [-0.1, -0.05) is 38.5 Å². The predicted octanol–water partition coefficient (Wildman–Crippen LogP) is 3.49. The highest BCUT2D eigenvalue weighted by molar-refractivity contribution is 6.55. The largest absolute Gasteiger partial charge is 0.133 e. The van der Waals surface area contributed by atoms with Crippen LogP contribution in [-0.4, -0.2) is 6.71 Å². The van der Waals surface area contributed by atoms with Gasteiger partial charge in [-0.2, -0.15) is 0 Å². The summed E-state index contributed by atoms with van der Waals surface area (Å²) in [5.41, 5.74) is 0. The van der Waals surface area contributed by atoms with E-state index in [1.807, 2.05) is 0 Å². The molecule has 0 aliphatic heterocycles. The molecule has 0 aromatic heterocycles. The van der Waals surface area contributed by atoms with E-state index in [-0.39, 0.29) is 0 Å². The Bertz CT molecular complexity index is 127. The molecule has 0 radical (unpaired) electrons. The highest BCUT2D eigenvalue weighted by atomic mass is 14.1. The minimum absolute atomic E-state index is 0.890. The van der Waals surface area contributed by atoms with Crippen molar-refractivity contribution in [1.29, 1.82) is 0 Å². The summed E-state index contributed by atoms with van der Waals surface area (Å²) in [5, 5.41) is 0. The molecule has 11 heavy (non-hydrogen) atoms. The van der Waals surface area contributed by atoms with Gasteiger partial charge in [-0.3, -0.25) is 0 Å². The van der Waals surface area contributed by atoms with Crippen molar-refractivity contribution < 1.29 is 0 Å². The molecule has 1 atom stereocenters. The SMILES string of the molecule is CB(C)CCC1CC=CCC1. The van der Waals surface area contributed by atoms with Crippen molar-refractivity contribution in [2.24, 2.45) is 5.92 Å². The second-order valence-corrected chi connectivity index (χ2v) is 4.12. The van der Waals surface area contributed by atoms with Gasteiger partial charge in [-0.15, -0.1) is 0 Å². The first-order valence-corrected chi connectivity index (χ1v) is 4.94. The summed E-state index contributed by atoms with van der Waals surface area (Å²) in [7, 11) is 0. The van der Waals surface area contributed by atoms with Gasteiger partial charge in [0.05, 0.1) is 0 Å². The monoisotopic (exact) mass is 150 g/mol. The van der Waals surface area contributed by atoms with E-state index in [0.29, 0.717) is 0 Å². The average Bonchev–Trinajstić information content (AvgIpc) is 2.03. The van der Waals surface area contributed by atoms with Crippen molar-refractivity contribution in [3.63, 3.8) is 0 Å². The van der Waals surface area contributed by atoms with Gasteiger partial charge < -0.3 is 0 Å². The van der Waals surface area contributed by atoms with Crippen molar-refractivity contribution in [2.75, 3.05) is 0 Å². The summed E-state index contributed by atoms with van der Waals surface area (Å²) < 4.78 is 0. The quantitative estimate of drug-likeness (QED) is 0.426. The third-order valence-electron chi connectivity index (χ3n) is 2.53. The third kappa shape index (κ3) is 3.64. The van der Waals surface area contributed by atoms with Gasteiger partial charge in [0, 0.05) is 0 Å². The Balaban J connectivity index is 2.11. The van der Waals surface area contributed by atoms with Crippen LogP contribution in [0, 0.1) is 5.92 Å². The molecule has 1 rings (SSSR count). The Kier molecular flexibility index (Phi) is 3.75. The third-order valence-corrected chi connectivity index (χ3v) is 2.53. The first kappa shape index (κ1) is 8.90. The second kappa shape index (κ2) is 4.64. The van der Waals surface area contributed by atoms with Crippen LogP contribution in [0.5, 0.6) is 0 Å². The molecule has 0 spiro atoms. The maximum Gasteiger partial charge on any atom is 0.133 e. The molecule has 0 saturated heterocycles. The molecule has 0 nitrogen and oxygen atoms in total. The molecule has 0 fully saturated rings. The molecule has 1 aliphatic rings. The Morgan fingerprint density at radius 3 is 2.73 bits per heavy atom. The van der Waals surface area contributed by atoms with Gasteiger partial charge in [0.15, 0.2) is 0 Å². The van der Waals surface area contributed by atoms with E-state index in [2.05, 4.69) is 25.8 Å². The van der Waals surface area contributed by atoms with E-state index in [0.717, 1.165) is 12.6 Å². The summed E-state index contributed by atoms with van der Waals surface area (Å²) in [6, 6.07) is 0. The Morgan fingerprint density at radius 1 is 1.36 bits per heavy atom. The summed E-state index contributed by atoms with van der Waals surface area (Å²) >= 11 is 0. The van der Waals surface area contributed by atoms with Crippen LogP contribution in [0.2, 0.25) is 20.0 Å². The molecular weight excluding hydrogens is 131 g/mol. The zero-order chi connectivity index (χ0) is 8.10. The maximum absolute atomic E-state index is 2.36.